The summed E-state index contributed by atoms with van der Waals surface area (Å²) in [6.07, 6.45) is 10.4. The average Bonchev–Trinajstić information content (AvgIpc) is 3.49. The molecule has 0 spiro atoms. The van der Waals surface area contributed by atoms with Crippen LogP contribution in [0.25, 0.3) is 11.1 Å². The third kappa shape index (κ3) is 4.93. The van der Waals surface area contributed by atoms with Crippen LogP contribution in [0, 0.1) is 24.1 Å². The molecule has 2 N–H and O–H groups in total. The van der Waals surface area contributed by atoms with E-state index < -0.39 is 0 Å². The predicted octanol–water partition coefficient (Wildman–Crippen LogP) is 5.53. The van der Waals surface area contributed by atoms with Crippen molar-refractivity contribution in [2.75, 3.05) is 6.54 Å². The highest BCUT2D eigenvalue weighted by molar-refractivity contribution is 5.96. The molecule has 1 fully saturated rings. The molecule has 38 heavy (non-hydrogen) atoms. The number of fused-ring (bicyclic) bond motifs is 1. The van der Waals surface area contributed by atoms with Gasteiger partial charge in [-0.15, -0.1) is 0 Å². The molecule has 2 heterocycles. The van der Waals surface area contributed by atoms with Crippen LogP contribution < -0.4 is 11.0 Å². The predicted molar refractivity (Wildman–Crippen MR) is 142 cm³/mol. The van der Waals surface area contributed by atoms with Crippen molar-refractivity contribution < 1.29 is 13.6 Å². The molecule has 0 saturated heterocycles. The Bertz CT molecular complexity index is 1570. The number of benzene rings is 2. The fourth-order valence-corrected chi connectivity index (χ4v) is 5.69. The lowest BCUT2D eigenvalue weighted by Crippen LogP contribution is -2.29. The van der Waals surface area contributed by atoms with Gasteiger partial charge in [-0.3, -0.25) is 19.8 Å². The van der Waals surface area contributed by atoms with Gasteiger partial charge >= 0.3 is 0 Å². The number of hydrogen-bond acceptors (Lipinski definition) is 4. The van der Waals surface area contributed by atoms with Gasteiger partial charge in [-0.2, -0.15) is 0 Å². The van der Waals surface area contributed by atoms with Crippen molar-refractivity contribution >= 4 is 5.91 Å². The molecule has 0 bridgehead atoms. The zero-order valence-electron chi connectivity index (χ0n) is 21.5. The molecular formula is C31H31FN4O2. The van der Waals surface area contributed by atoms with Crippen LogP contribution in [0.1, 0.15) is 63.5 Å². The fourth-order valence-electron chi connectivity index (χ4n) is 5.69. The van der Waals surface area contributed by atoms with E-state index in [2.05, 4.69) is 16.4 Å². The molecule has 1 saturated carbocycles. The molecule has 194 valence electrons. The van der Waals surface area contributed by atoms with Gasteiger partial charge in [-0.1, -0.05) is 12.1 Å². The van der Waals surface area contributed by atoms with Gasteiger partial charge in [-0.05, 0) is 109 Å². The smallest absolute Gasteiger partial charge is 0.293 e. The van der Waals surface area contributed by atoms with Crippen molar-refractivity contribution in [2.24, 2.45) is 5.92 Å². The number of aryl methyl sites for hydroxylation is 2. The monoisotopic (exact) mass is 510 g/mol. The van der Waals surface area contributed by atoms with Crippen LogP contribution in [0.5, 0.6) is 0 Å². The average molecular weight is 511 g/mol. The molecule has 6 nitrogen and oxygen atoms in total. The van der Waals surface area contributed by atoms with Gasteiger partial charge in [0.1, 0.15) is 12.1 Å². The zero-order chi connectivity index (χ0) is 26.2. The Balaban J connectivity index is 1.31. The van der Waals surface area contributed by atoms with E-state index in [0.717, 1.165) is 60.1 Å². The highest BCUT2D eigenvalue weighted by atomic mass is 19.1. The summed E-state index contributed by atoms with van der Waals surface area (Å²) < 4.78 is 20.7. The number of hydrogen-bond donors (Lipinski definition) is 2. The summed E-state index contributed by atoms with van der Waals surface area (Å²) in [7, 11) is 0. The first kappa shape index (κ1) is 24.3. The standard InChI is InChI=1S/C31H31FN4O2/c1-19-13-22(7-8-28(19)32)27(21-5-6-21)17-35-30(37)24-15-20(18-36-11-12-38-31(36)33)14-23(16-24)25-9-10-34-29-4-2-3-26(25)29/h7-16,21,27,33H,2-6,17-18H2,1H3,(H,35,37). The van der Waals surface area contributed by atoms with E-state index >= 15 is 0 Å². The molecule has 2 aliphatic rings. The molecule has 1 amide bonds. The summed E-state index contributed by atoms with van der Waals surface area (Å²) in [5, 5.41) is 11.2. The molecule has 2 aromatic carbocycles. The summed E-state index contributed by atoms with van der Waals surface area (Å²) in [4.78, 5) is 18.1. The van der Waals surface area contributed by atoms with Crippen molar-refractivity contribution in [2.45, 2.75) is 51.5 Å². The molecular weight excluding hydrogens is 479 g/mol. The minimum Gasteiger partial charge on any atom is -0.432 e. The largest absolute Gasteiger partial charge is 0.432 e. The topological polar surface area (TPSA) is 83.9 Å². The Morgan fingerprint density at radius 2 is 2.08 bits per heavy atom. The second kappa shape index (κ2) is 10.0. The first-order valence-electron chi connectivity index (χ1n) is 13.3. The van der Waals surface area contributed by atoms with E-state index in [0.29, 0.717) is 30.1 Å². The summed E-state index contributed by atoms with van der Waals surface area (Å²) in [6.45, 7) is 2.72. The first-order chi connectivity index (χ1) is 18.5. The molecule has 1 atom stereocenters. The van der Waals surface area contributed by atoms with Crippen LogP contribution in [-0.4, -0.2) is 22.0 Å². The lowest BCUT2D eigenvalue weighted by Gasteiger charge is -2.19. The number of aromatic nitrogens is 2. The van der Waals surface area contributed by atoms with Crippen molar-refractivity contribution in [1.29, 1.82) is 5.41 Å². The highest BCUT2D eigenvalue weighted by Gasteiger charge is 2.33. The van der Waals surface area contributed by atoms with Crippen molar-refractivity contribution in [3.8, 4) is 11.1 Å². The van der Waals surface area contributed by atoms with E-state index in [1.165, 1.54) is 17.9 Å². The molecule has 1 unspecified atom stereocenters. The normalized spacial score (nSPS) is 15.3. The van der Waals surface area contributed by atoms with Gasteiger partial charge in [0, 0.05) is 36.1 Å². The quantitative estimate of drug-likeness (QED) is 0.327. The molecule has 6 rings (SSSR count). The van der Waals surface area contributed by atoms with E-state index in [-0.39, 0.29) is 23.3 Å². The SMILES string of the molecule is Cc1cc(C(CNC(=O)c2cc(Cn3ccoc3=N)cc(-c3ccnc4c3CCC4)c2)C2CC2)ccc1F. The van der Waals surface area contributed by atoms with Crippen molar-refractivity contribution in [3.63, 3.8) is 0 Å². The number of pyridine rings is 1. The molecule has 7 heteroatoms. The Morgan fingerprint density at radius 3 is 2.84 bits per heavy atom. The van der Waals surface area contributed by atoms with E-state index in [4.69, 9.17) is 9.83 Å². The zero-order valence-corrected chi connectivity index (χ0v) is 21.5. The number of carbonyl (C=O) groups is 1. The van der Waals surface area contributed by atoms with Gasteiger partial charge in [0.25, 0.3) is 11.6 Å². The van der Waals surface area contributed by atoms with Crippen LogP contribution in [-0.2, 0) is 19.4 Å². The van der Waals surface area contributed by atoms with Crippen LogP contribution in [0.3, 0.4) is 0 Å². The van der Waals surface area contributed by atoms with E-state index in [1.807, 2.05) is 36.5 Å². The minimum atomic E-state index is -0.203. The number of nitrogens with zero attached hydrogens (tertiary/aromatic N) is 2. The summed E-state index contributed by atoms with van der Waals surface area (Å²) >= 11 is 0. The Morgan fingerprint density at radius 1 is 1.21 bits per heavy atom. The molecule has 2 aliphatic carbocycles. The maximum absolute atomic E-state index is 13.9. The van der Waals surface area contributed by atoms with Crippen LogP contribution in [0.4, 0.5) is 4.39 Å². The number of rotatable bonds is 8. The summed E-state index contributed by atoms with van der Waals surface area (Å²) in [5.74, 6) is 0.336. The second-order valence-electron chi connectivity index (χ2n) is 10.6. The lowest BCUT2D eigenvalue weighted by molar-refractivity contribution is 0.0950. The maximum Gasteiger partial charge on any atom is 0.293 e. The first-order valence-corrected chi connectivity index (χ1v) is 13.3. The molecule has 0 radical (unpaired) electrons. The summed E-state index contributed by atoms with van der Waals surface area (Å²) in [5.41, 5.74) is 7.77. The highest BCUT2D eigenvalue weighted by Crippen LogP contribution is 2.42. The number of amides is 1. The lowest BCUT2D eigenvalue weighted by atomic mass is 9.92. The number of oxazole rings is 1. The molecule has 2 aromatic heterocycles. The van der Waals surface area contributed by atoms with Gasteiger partial charge < -0.3 is 9.73 Å². The Kier molecular flexibility index (Phi) is 6.44. The third-order valence-electron chi connectivity index (χ3n) is 7.87. The summed E-state index contributed by atoms with van der Waals surface area (Å²) in [6, 6.07) is 13.3. The Hall–Kier alpha value is -4.00. The van der Waals surface area contributed by atoms with E-state index in [1.54, 1.807) is 17.7 Å². The fraction of sp³-hybridized carbons (Fsp3) is 0.323. The Labute approximate surface area is 221 Å². The van der Waals surface area contributed by atoms with Gasteiger partial charge in [0.05, 0.1) is 6.54 Å². The van der Waals surface area contributed by atoms with Crippen LogP contribution in [0.15, 0.2) is 65.5 Å². The second-order valence-corrected chi connectivity index (χ2v) is 10.6. The molecule has 0 aliphatic heterocycles. The van der Waals surface area contributed by atoms with E-state index in [9.17, 15) is 9.18 Å². The third-order valence-corrected chi connectivity index (χ3v) is 7.87. The van der Waals surface area contributed by atoms with Crippen LogP contribution >= 0.6 is 0 Å². The van der Waals surface area contributed by atoms with Crippen LogP contribution in [0.2, 0.25) is 0 Å². The van der Waals surface area contributed by atoms with Gasteiger partial charge in [0.15, 0.2) is 0 Å². The number of carbonyl (C=O) groups excluding carboxylic acids is 1. The van der Waals surface area contributed by atoms with Crippen molar-refractivity contribution in [3.05, 3.63) is 106 Å². The number of halogens is 1. The van der Waals surface area contributed by atoms with Gasteiger partial charge in [0.2, 0.25) is 0 Å². The van der Waals surface area contributed by atoms with Gasteiger partial charge in [-0.25, -0.2) is 4.39 Å². The maximum atomic E-state index is 13.9. The molecule has 4 aromatic rings. The van der Waals surface area contributed by atoms with Crippen molar-refractivity contribution in [1.82, 2.24) is 14.9 Å². The number of nitrogens with one attached hydrogen (secondary N) is 2. The minimum absolute atomic E-state index is 0.0630.